The standard InChI is InChI=1S/C17H26N2O2/c1-13(15-6-8-17(21-3)9-7-15)11-19-10-4-5-16(12-19)18-14(2)20/h6-9,13,16H,4-5,10-12H2,1-3H3,(H,18,20)/t13-,16-/m0/s1. The van der Waals surface area contributed by atoms with Gasteiger partial charge in [0.15, 0.2) is 0 Å². The van der Waals surface area contributed by atoms with Crippen molar-refractivity contribution in [3.8, 4) is 5.75 Å². The predicted octanol–water partition coefficient (Wildman–Crippen LogP) is 2.40. The highest BCUT2D eigenvalue weighted by Gasteiger charge is 2.22. The summed E-state index contributed by atoms with van der Waals surface area (Å²) in [5.41, 5.74) is 1.33. The number of hydrogen-bond donors (Lipinski definition) is 1. The molecule has 4 nitrogen and oxygen atoms in total. The van der Waals surface area contributed by atoms with Crippen LogP contribution in [-0.4, -0.2) is 43.6 Å². The minimum absolute atomic E-state index is 0.0741. The molecule has 0 unspecified atom stereocenters. The quantitative estimate of drug-likeness (QED) is 0.905. The highest BCUT2D eigenvalue weighted by atomic mass is 16.5. The molecule has 1 aromatic rings. The number of ether oxygens (including phenoxy) is 1. The van der Waals surface area contributed by atoms with Crippen molar-refractivity contribution in [2.24, 2.45) is 0 Å². The smallest absolute Gasteiger partial charge is 0.217 e. The van der Waals surface area contributed by atoms with Gasteiger partial charge >= 0.3 is 0 Å². The molecule has 0 bridgehead atoms. The Balaban J connectivity index is 1.88. The normalized spacial score (nSPS) is 20.8. The summed E-state index contributed by atoms with van der Waals surface area (Å²) in [6.07, 6.45) is 2.24. The third-order valence-corrected chi connectivity index (χ3v) is 4.13. The van der Waals surface area contributed by atoms with Gasteiger partial charge in [0.1, 0.15) is 5.75 Å². The lowest BCUT2D eigenvalue weighted by Crippen LogP contribution is -2.47. The van der Waals surface area contributed by atoms with Crippen molar-refractivity contribution in [3.63, 3.8) is 0 Å². The van der Waals surface area contributed by atoms with Crippen molar-refractivity contribution in [2.75, 3.05) is 26.7 Å². The molecular weight excluding hydrogens is 264 g/mol. The van der Waals surface area contributed by atoms with Crippen molar-refractivity contribution in [3.05, 3.63) is 29.8 Å². The fourth-order valence-electron chi connectivity index (χ4n) is 3.05. The molecule has 116 valence electrons. The summed E-state index contributed by atoms with van der Waals surface area (Å²) < 4.78 is 5.20. The maximum Gasteiger partial charge on any atom is 0.217 e. The van der Waals surface area contributed by atoms with Gasteiger partial charge in [-0.2, -0.15) is 0 Å². The highest BCUT2D eigenvalue weighted by Crippen LogP contribution is 2.21. The van der Waals surface area contributed by atoms with Gasteiger partial charge in [-0.3, -0.25) is 4.79 Å². The first kappa shape index (κ1) is 15.8. The first-order valence-electron chi connectivity index (χ1n) is 7.72. The molecule has 0 aromatic heterocycles. The minimum Gasteiger partial charge on any atom is -0.497 e. The van der Waals surface area contributed by atoms with E-state index in [2.05, 4.69) is 29.3 Å². The van der Waals surface area contributed by atoms with Gasteiger partial charge in [-0.25, -0.2) is 0 Å². The number of rotatable bonds is 5. The molecule has 4 heteroatoms. The zero-order chi connectivity index (χ0) is 15.2. The van der Waals surface area contributed by atoms with Crippen LogP contribution in [0.3, 0.4) is 0 Å². The maximum absolute atomic E-state index is 11.2. The van der Waals surface area contributed by atoms with Crippen LogP contribution in [-0.2, 0) is 4.79 Å². The van der Waals surface area contributed by atoms with E-state index in [0.29, 0.717) is 12.0 Å². The predicted molar refractivity (Wildman–Crippen MR) is 84.7 cm³/mol. The summed E-state index contributed by atoms with van der Waals surface area (Å²) in [6.45, 7) is 6.96. The second-order valence-electron chi connectivity index (χ2n) is 5.97. The Kier molecular flexibility index (Phi) is 5.62. The molecule has 21 heavy (non-hydrogen) atoms. The minimum atomic E-state index is 0.0741. The molecule has 0 saturated carbocycles. The molecule has 1 saturated heterocycles. The fourth-order valence-corrected chi connectivity index (χ4v) is 3.05. The molecule has 0 spiro atoms. The van der Waals surface area contributed by atoms with Crippen LogP contribution in [0.1, 0.15) is 38.2 Å². The van der Waals surface area contributed by atoms with Gasteiger partial charge < -0.3 is 15.0 Å². The Morgan fingerprint density at radius 3 is 2.76 bits per heavy atom. The molecule has 1 aliphatic rings. The van der Waals surface area contributed by atoms with E-state index in [1.54, 1.807) is 14.0 Å². The van der Waals surface area contributed by atoms with Crippen LogP contribution >= 0.6 is 0 Å². The molecule has 1 aromatic carbocycles. The van der Waals surface area contributed by atoms with Crippen LogP contribution in [0.2, 0.25) is 0 Å². The van der Waals surface area contributed by atoms with E-state index in [1.807, 2.05) is 12.1 Å². The number of nitrogens with one attached hydrogen (secondary N) is 1. The van der Waals surface area contributed by atoms with Gasteiger partial charge in [0.05, 0.1) is 7.11 Å². The largest absolute Gasteiger partial charge is 0.497 e. The summed E-state index contributed by atoms with van der Waals surface area (Å²) in [7, 11) is 1.69. The van der Waals surface area contributed by atoms with Gasteiger partial charge in [0, 0.05) is 26.1 Å². The summed E-state index contributed by atoms with van der Waals surface area (Å²) >= 11 is 0. The number of nitrogens with zero attached hydrogens (tertiary/aromatic N) is 1. The Labute approximate surface area is 127 Å². The number of amides is 1. The lowest BCUT2D eigenvalue weighted by atomic mass is 9.98. The molecule has 0 radical (unpaired) electrons. The lowest BCUT2D eigenvalue weighted by Gasteiger charge is -2.34. The Hall–Kier alpha value is -1.55. The average molecular weight is 290 g/mol. The van der Waals surface area contributed by atoms with Crippen molar-refractivity contribution < 1.29 is 9.53 Å². The van der Waals surface area contributed by atoms with E-state index in [9.17, 15) is 4.79 Å². The van der Waals surface area contributed by atoms with Gasteiger partial charge in [0.2, 0.25) is 5.91 Å². The number of methoxy groups -OCH3 is 1. The molecule has 1 N–H and O–H groups in total. The topological polar surface area (TPSA) is 41.6 Å². The van der Waals surface area contributed by atoms with Crippen LogP contribution in [0.15, 0.2) is 24.3 Å². The Bertz CT molecular complexity index is 458. The van der Waals surface area contributed by atoms with E-state index in [4.69, 9.17) is 4.74 Å². The number of benzene rings is 1. The van der Waals surface area contributed by atoms with Crippen LogP contribution in [0.5, 0.6) is 5.75 Å². The first-order chi connectivity index (χ1) is 10.1. The van der Waals surface area contributed by atoms with E-state index in [-0.39, 0.29) is 5.91 Å². The zero-order valence-electron chi connectivity index (χ0n) is 13.3. The van der Waals surface area contributed by atoms with Gasteiger partial charge in [-0.05, 0) is 43.0 Å². The second-order valence-corrected chi connectivity index (χ2v) is 5.97. The molecule has 2 rings (SSSR count). The molecule has 0 aliphatic carbocycles. The van der Waals surface area contributed by atoms with E-state index in [1.165, 1.54) is 5.56 Å². The lowest BCUT2D eigenvalue weighted by molar-refractivity contribution is -0.120. The number of piperidine rings is 1. The molecule has 1 amide bonds. The van der Waals surface area contributed by atoms with E-state index < -0.39 is 0 Å². The third-order valence-electron chi connectivity index (χ3n) is 4.13. The SMILES string of the molecule is COc1ccc([C@@H](C)CN2CCC[C@H](NC(C)=O)C2)cc1. The van der Waals surface area contributed by atoms with E-state index >= 15 is 0 Å². The van der Waals surface area contributed by atoms with Gasteiger partial charge in [0.25, 0.3) is 0 Å². The first-order valence-corrected chi connectivity index (χ1v) is 7.72. The summed E-state index contributed by atoms with van der Waals surface area (Å²) in [4.78, 5) is 13.6. The highest BCUT2D eigenvalue weighted by molar-refractivity contribution is 5.73. The molecule has 1 aliphatic heterocycles. The molecular formula is C17H26N2O2. The maximum atomic E-state index is 11.2. The number of carbonyl (C=O) groups is 1. The number of hydrogen-bond acceptors (Lipinski definition) is 3. The Morgan fingerprint density at radius 1 is 1.43 bits per heavy atom. The van der Waals surface area contributed by atoms with Crippen LogP contribution < -0.4 is 10.1 Å². The van der Waals surface area contributed by atoms with Crippen molar-refractivity contribution in [1.82, 2.24) is 10.2 Å². The molecule has 2 atom stereocenters. The van der Waals surface area contributed by atoms with Crippen LogP contribution in [0, 0.1) is 0 Å². The van der Waals surface area contributed by atoms with Crippen molar-refractivity contribution >= 4 is 5.91 Å². The van der Waals surface area contributed by atoms with Crippen LogP contribution in [0.25, 0.3) is 0 Å². The third kappa shape index (κ3) is 4.74. The second kappa shape index (κ2) is 7.46. The summed E-state index contributed by atoms with van der Waals surface area (Å²) in [5.74, 6) is 1.45. The van der Waals surface area contributed by atoms with Crippen LogP contribution in [0.4, 0.5) is 0 Å². The van der Waals surface area contributed by atoms with E-state index in [0.717, 1.165) is 38.2 Å². The summed E-state index contributed by atoms with van der Waals surface area (Å²) in [5, 5.41) is 3.04. The van der Waals surface area contributed by atoms with Gasteiger partial charge in [-0.1, -0.05) is 19.1 Å². The van der Waals surface area contributed by atoms with Gasteiger partial charge in [-0.15, -0.1) is 0 Å². The van der Waals surface area contributed by atoms with Crippen molar-refractivity contribution in [1.29, 1.82) is 0 Å². The zero-order valence-corrected chi connectivity index (χ0v) is 13.3. The number of carbonyl (C=O) groups excluding carboxylic acids is 1. The number of likely N-dealkylation sites (tertiary alicyclic amines) is 1. The molecule has 1 heterocycles. The summed E-state index contributed by atoms with van der Waals surface area (Å²) in [6, 6.07) is 8.61. The van der Waals surface area contributed by atoms with Crippen molar-refractivity contribution in [2.45, 2.75) is 38.6 Å². The Morgan fingerprint density at radius 2 is 2.14 bits per heavy atom. The average Bonchev–Trinajstić information content (AvgIpc) is 2.47. The molecule has 1 fully saturated rings. The monoisotopic (exact) mass is 290 g/mol. The fraction of sp³-hybridized carbons (Fsp3) is 0.588.